The predicted molar refractivity (Wildman–Crippen MR) is 95.1 cm³/mol. The van der Waals surface area contributed by atoms with E-state index >= 15 is 0 Å². The number of likely N-dealkylation sites (tertiary alicyclic amines) is 1. The molecule has 1 aromatic carbocycles. The summed E-state index contributed by atoms with van der Waals surface area (Å²) in [6.45, 7) is 3.05. The van der Waals surface area contributed by atoms with Crippen LogP contribution in [0.1, 0.15) is 24.8 Å². The number of nitrogens with zero attached hydrogens (tertiary/aromatic N) is 4. The summed E-state index contributed by atoms with van der Waals surface area (Å²) in [6.07, 6.45) is 6.90. The van der Waals surface area contributed by atoms with Gasteiger partial charge in [0.2, 0.25) is 0 Å². The van der Waals surface area contributed by atoms with Gasteiger partial charge in [-0.3, -0.25) is 4.90 Å². The van der Waals surface area contributed by atoms with Crippen LogP contribution in [0.2, 0.25) is 0 Å². The van der Waals surface area contributed by atoms with Crippen LogP contribution in [0.3, 0.4) is 0 Å². The van der Waals surface area contributed by atoms with Gasteiger partial charge in [-0.05, 0) is 38.1 Å². The summed E-state index contributed by atoms with van der Waals surface area (Å²) in [5, 5.41) is 13.4. The second-order valence-corrected chi connectivity index (χ2v) is 8.18. The number of hydrogen-bond donors (Lipinski definition) is 0. The molecule has 0 N–H and O–H groups in total. The Labute approximate surface area is 144 Å². The van der Waals surface area contributed by atoms with E-state index in [2.05, 4.69) is 57.0 Å². The number of halogens is 1. The fourth-order valence-corrected chi connectivity index (χ4v) is 3.51. The van der Waals surface area contributed by atoms with E-state index in [1.54, 1.807) is 0 Å². The third-order valence-corrected chi connectivity index (χ3v) is 5.67. The molecule has 0 radical (unpaired) electrons. The van der Waals surface area contributed by atoms with Crippen LogP contribution < -0.4 is 0 Å². The number of piperidine rings is 1. The molecule has 0 saturated carbocycles. The molecule has 1 aliphatic heterocycles. The Morgan fingerprint density at radius 2 is 1.95 bits per heavy atom. The van der Waals surface area contributed by atoms with Gasteiger partial charge >= 0.3 is 0 Å². The smallest absolute Gasteiger partial charge is 0.0645 e. The van der Waals surface area contributed by atoms with Gasteiger partial charge < -0.3 is 0 Å². The van der Waals surface area contributed by atoms with Gasteiger partial charge in [-0.2, -0.15) is 10.4 Å². The molecule has 1 aliphatic rings. The summed E-state index contributed by atoms with van der Waals surface area (Å²) in [6, 6.07) is 12.5. The van der Waals surface area contributed by atoms with Gasteiger partial charge in [0.25, 0.3) is 0 Å². The maximum Gasteiger partial charge on any atom is 0.0645 e. The number of rotatable bonds is 4. The van der Waals surface area contributed by atoms with Crippen LogP contribution in [0.25, 0.3) is 5.69 Å². The van der Waals surface area contributed by atoms with Crippen LogP contribution >= 0.6 is 22.6 Å². The van der Waals surface area contributed by atoms with Gasteiger partial charge in [-0.15, -0.1) is 0 Å². The Morgan fingerprint density at radius 1 is 1.23 bits per heavy atom. The molecule has 0 amide bonds. The van der Waals surface area contributed by atoms with E-state index in [1.807, 2.05) is 29.1 Å². The number of aromatic nitrogens is 2. The minimum Gasteiger partial charge on any atom is -0.299 e. The van der Waals surface area contributed by atoms with E-state index < -0.39 is 0 Å². The Hall–Kier alpha value is -1.39. The summed E-state index contributed by atoms with van der Waals surface area (Å²) >= 11 is 2.48. The summed E-state index contributed by atoms with van der Waals surface area (Å²) in [5.41, 5.74) is 2.33. The van der Waals surface area contributed by atoms with E-state index in [0.29, 0.717) is 6.42 Å². The molecule has 4 nitrogen and oxygen atoms in total. The highest BCUT2D eigenvalue weighted by Crippen LogP contribution is 2.35. The number of benzene rings is 1. The van der Waals surface area contributed by atoms with E-state index in [-0.39, 0.29) is 3.42 Å². The van der Waals surface area contributed by atoms with Crippen molar-refractivity contribution in [1.29, 1.82) is 5.26 Å². The molecule has 1 saturated heterocycles. The zero-order chi connectivity index (χ0) is 15.4. The van der Waals surface area contributed by atoms with Gasteiger partial charge in [-0.1, -0.05) is 40.8 Å². The molecule has 2 heterocycles. The number of hydrogen-bond acceptors (Lipinski definition) is 3. The Balaban J connectivity index is 1.59. The summed E-state index contributed by atoms with van der Waals surface area (Å²) in [7, 11) is 0. The molecular weight excluding hydrogens is 387 g/mol. The van der Waals surface area contributed by atoms with Crippen molar-refractivity contribution in [3.63, 3.8) is 0 Å². The maximum absolute atomic E-state index is 8.92. The standard InChI is InChI=1S/C17H19IN4/c18-17(6-9-19)7-10-21(11-8-17)13-15-12-20-22(14-15)16-4-2-1-3-5-16/h1-5,12,14H,6-8,10-11,13H2. The molecule has 0 spiro atoms. The van der Waals surface area contributed by atoms with Crippen molar-refractivity contribution in [3.8, 4) is 11.8 Å². The summed E-state index contributed by atoms with van der Waals surface area (Å²) in [4.78, 5) is 2.46. The van der Waals surface area contributed by atoms with Gasteiger partial charge in [0.05, 0.1) is 18.0 Å². The lowest BCUT2D eigenvalue weighted by Crippen LogP contribution is -2.40. The molecule has 0 unspecified atom stereocenters. The van der Waals surface area contributed by atoms with Crippen molar-refractivity contribution < 1.29 is 0 Å². The molecule has 114 valence electrons. The summed E-state index contributed by atoms with van der Waals surface area (Å²) in [5.74, 6) is 0. The number of alkyl halides is 1. The predicted octanol–water partition coefficient (Wildman–Crippen LogP) is 3.56. The molecule has 1 aromatic heterocycles. The highest BCUT2D eigenvalue weighted by atomic mass is 127. The monoisotopic (exact) mass is 406 g/mol. The Morgan fingerprint density at radius 3 is 2.64 bits per heavy atom. The molecule has 5 heteroatoms. The molecule has 3 rings (SSSR count). The van der Waals surface area contributed by atoms with Crippen molar-refractivity contribution in [2.45, 2.75) is 29.2 Å². The maximum atomic E-state index is 8.92. The number of nitriles is 1. The van der Waals surface area contributed by atoms with Gasteiger partial charge in [0, 0.05) is 28.1 Å². The second-order valence-electron chi connectivity index (χ2n) is 5.89. The van der Waals surface area contributed by atoms with E-state index in [1.165, 1.54) is 5.56 Å². The molecule has 2 aromatic rings. The molecule has 0 bridgehead atoms. The Bertz CT molecular complexity index is 651. The SMILES string of the molecule is N#CCC1(I)CCN(Cc2cnn(-c3ccccc3)c2)CC1. The topological polar surface area (TPSA) is 44.9 Å². The lowest BCUT2D eigenvalue weighted by Gasteiger charge is -2.36. The third-order valence-electron chi connectivity index (χ3n) is 4.21. The molecule has 0 atom stereocenters. The van der Waals surface area contributed by atoms with E-state index in [4.69, 9.17) is 5.26 Å². The first-order valence-corrected chi connectivity index (χ1v) is 8.64. The van der Waals surface area contributed by atoms with Crippen LogP contribution in [0.5, 0.6) is 0 Å². The quantitative estimate of drug-likeness (QED) is 0.576. The van der Waals surface area contributed by atoms with Crippen LogP contribution in [0, 0.1) is 11.3 Å². The lowest BCUT2D eigenvalue weighted by molar-refractivity contribution is 0.199. The van der Waals surface area contributed by atoms with Gasteiger partial charge in [0.1, 0.15) is 0 Å². The van der Waals surface area contributed by atoms with Crippen LogP contribution in [-0.4, -0.2) is 31.2 Å². The van der Waals surface area contributed by atoms with E-state index in [0.717, 1.165) is 38.2 Å². The van der Waals surface area contributed by atoms with Crippen LogP contribution in [0.15, 0.2) is 42.7 Å². The summed E-state index contributed by atoms with van der Waals surface area (Å²) < 4.78 is 2.11. The third kappa shape index (κ3) is 3.68. The normalized spacial score (nSPS) is 18.0. The largest absolute Gasteiger partial charge is 0.299 e. The first-order valence-electron chi connectivity index (χ1n) is 7.56. The Kier molecular flexibility index (Phi) is 4.79. The van der Waals surface area contributed by atoms with Gasteiger partial charge in [0.15, 0.2) is 0 Å². The second kappa shape index (κ2) is 6.80. The minimum absolute atomic E-state index is 0.178. The van der Waals surface area contributed by atoms with Crippen molar-refractivity contribution >= 4 is 22.6 Å². The zero-order valence-corrected chi connectivity index (χ0v) is 14.6. The highest BCUT2D eigenvalue weighted by Gasteiger charge is 2.31. The molecular formula is C17H19IN4. The van der Waals surface area contributed by atoms with Gasteiger partial charge in [-0.25, -0.2) is 4.68 Å². The highest BCUT2D eigenvalue weighted by molar-refractivity contribution is 14.1. The zero-order valence-electron chi connectivity index (χ0n) is 12.5. The molecule has 22 heavy (non-hydrogen) atoms. The molecule has 1 fully saturated rings. The van der Waals surface area contributed by atoms with Crippen molar-refractivity contribution in [2.75, 3.05) is 13.1 Å². The van der Waals surface area contributed by atoms with Crippen LogP contribution in [0.4, 0.5) is 0 Å². The first-order chi connectivity index (χ1) is 10.7. The van der Waals surface area contributed by atoms with Crippen molar-refractivity contribution in [1.82, 2.24) is 14.7 Å². The average molecular weight is 406 g/mol. The average Bonchev–Trinajstić information content (AvgIpc) is 3.00. The van der Waals surface area contributed by atoms with E-state index in [9.17, 15) is 0 Å². The fraction of sp³-hybridized carbons (Fsp3) is 0.412. The fourth-order valence-electron chi connectivity index (χ4n) is 2.85. The van der Waals surface area contributed by atoms with Crippen LogP contribution in [-0.2, 0) is 6.54 Å². The number of para-hydroxylation sites is 1. The lowest BCUT2D eigenvalue weighted by atomic mass is 9.94. The molecule has 0 aliphatic carbocycles. The minimum atomic E-state index is 0.178. The first kappa shape index (κ1) is 15.5. The van der Waals surface area contributed by atoms with Crippen molar-refractivity contribution in [2.24, 2.45) is 0 Å². The van der Waals surface area contributed by atoms with Crippen molar-refractivity contribution in [3.05, 3.63) is 48.3 Å².